The van der Waals surface area contributed by atoms with Crippen LogP contribution in [-0.2, 0) is 15.2 Å². The van der Waals surface area contributed by atoms with Crippen LogP contribution in [0.5, 0.6) is 0 Å². The smallest absolute Gasteiger partial charge is 0.261 e. The molecular formula is C14H14BrNO3. The fraction of sp³-hybridized carbons (Fsp3) is 0.429. The van der Waals surface area contributed by atoms with Gasteiger partial charge in [0.1, 0.15) is 5.78 Å². The molecule has 2 atom stereocenters. The van der Waals surface area contributed by atoms with Crippen LogP contribution in [0.3, 0.4) is 0 Å². The van der Waals surface area contributed by atoms with Crippen molar-refractivity contribution in [1.82, 2.24) is 0 Å². The van der Waals surface area contributed by atoms with Crippen LogP contribution in [0.25, 0.3) is 0 Å². The largest absolute Gasteiger partial charge is 0.375 e. The maximum atomic E-state index is 12.2. The summed E-state index contributed by atoms with van der Waals surface area (Å²) in [7, 11) is 0. The van der Waals surface area contributed by atoms with Gasteiger partial charge in [-0.15, -0.1) is 0 Å². The first kappa shape index (κ1) is 12.8. The topological polar surface area (TPSA) is 66.4 Å². The Morgan fingerprint density at radius 3 is 2.84 bits per heavy atom. The third kappa shape index (κ3) is 1.83. The summed E-state index contributed by atoms with van der Waals surface area (Å²) in [5.74, 6) is -1.13. The van der Waals surface area contributed by atoms with Gasteiger partial charge in [0.25, 0.3) is 5.91 Å². The second-order valence-corrected chi connectivity index (χ2v) is 6.09. The van der Waals surface area contributed by atoms with E-state index >= 15 is 0 Å². The third-order valence-corrected chi connectivity index (χ3v) is 4.54. The number of benzene rings is 1. The Morgan fingerprint density at radius 2 is 2.11 bits per heavy atom. The number of nitrogens with one attached hydrogen (secondary N) is 1. The highest BCUT2D eigenvalue weighted by Crippen LogP contribution is 2.45. The molecule has 1 aliphatic heterocycles. The summed E-state index contributed by atoms with van der Waals surface area (Å²) in [5.41, 5.74) is -0.613. The quantitative estimate of drug-likeness (QED) is 0.833. The second-order valence-electron chi connectivity index (χ2n) is 5.18. The van der Waals surface area contributed by atoms with E-state index in [0.29, 0.717) is 24.1 Å². The molecule has 19 heavy (non-hydrogen) atoms. The van der Waals surface area contributed by atoms with Gasteiger partial charge < -0.3 is 10.4 Å². The molecule has 1 aromatic carbocycles. The van der Waals surface area contributed by atoms with E-state index in [1.165, 1.54) is 0 Å². The molecule has 100 valence electrons. The molecule has 1 fully saturated rings. The Kier molecular flexibility index (Phi) is 2.98. The van der Waals surface area contributed by atoms with Gasteiger partial charge in [0.15, 0.2) is 5.60 Å². The van der Waals surface area contributed by atoms with Crippen LogP contribution in [0.1, 0.15) is 31.2 Å². The zero-order valence-corrected chi connectivity index (χ0v) is 11.9. The number of rotatable bonds is 1. The van der Waals surface area contributed by atoms with Crippen LogP contribution < -0.4 is 5.32 Å². The van der Waals surface area contributed by atoms with Gasteiger partial charge >= 0.3 is 0 Å². The summed E-state index contributed by atoms with van der Waals surface area (Å²) in [6.45, 7) is 0. The maximum Gasteiger partial charge on any atom is 0.261 e. The standard InChI is InChI=1S/C14H14BrNO3/c15-8-5-6-11-10(7-8)14(19,13(18)16-11)9-3-1-2-4-12(9)17/h5-7,9,19H,1-4H2,(H,16,18)/t9?,14-/m0/s1. The molecule has 1 aliphatic carbocycles. The van der Waals surface area contributed by atoms with Crippen LogP contribution in [0.15, 0.2) is 22.7 Å². The minimum atomic E-state index is -1.71. The van der Waals surface area contributed by atoms with Crippen molar-refractivity contribution in [3.63, 3.8) is 0 Å². The molecule has 0 radical (unpaired) electrons. The van der Waals surface area contributed by atoms with Crippen LogP contribution in [0.4, 0.5) is 5.69 Å². The molecule has 1 saturated carbocycles. The number of hydrogen-bond acceptors (Lipinski definition) is 3. The van der Waals surface area contributed by atoms with Crippen LogP contribution >= 0.6 is 15.9 Å². The predicted octanol–water partition coefficient (Wildman–Crippen LogP) is 2.35. The number of hydrogen-bond donors (Lipinski definition) is 2. The normalized spacial score (nSPS) is 30.1. The van der Waals surface area contributed by atoms with Crippen LogP contribution in [-0.4, -0.2) is 16.8 Å². The van der Waals surface area contributed by atoms with Crippen molar-refractivity contribution in [3.05, 3.63) is 28.2 Å². The summed E-state index contributed by atoms with van der Waals surface area (Å²) in [5, 5.41) is 13.5. The van der Waals surface area contributed by atoms with Gasteiger partial charge in [0, 0.05) is 22.1 Å². The Balaban J connectivity index is 2.10. The Morgan fingerprint density at radius 1 is 1.32 bits per heavy atom. The van der Waals surface area contributed by atoms with E-state index in [-0.39, 0.29) is 5.78 Å². The second kappa shape index (κ2) is 4.42. The van der Waals surface area contributed by atoms with E-state index in [1.54, 1.807) is 18.2 Å². The minimum absolute atomic E-state index is 0.0169. The van der Waals surface area contributed by atoms with E-state index in [2.05, 4.69) is 21.2 Å². The molecule has 1 heterocycles. The molecule has 4 nitrogen and oxygen atoms in total. The van der Waals surface area contributed by atoms with Crippen molar-refractivity contribution in [2.24, 2.45) is 5.92 Å². The molecule has 0 bridgehead atoms. The van der Waals surface area contributed by atoms with Crippen molar-refractivity contribution in [2.45, 2.75) is 31.3 Å². The lowest BCUT2D eigenvalue weighted by atomic mass is 9.73. The average molecular weight is 324 g/mol. The lowest BCUT2D eigenvalue weighted by molar-refractivity contribution is -0.150. The molecule has 0 aromatic heterocycles. The molecule has 0 spiro atoms. The Bertz CT molecular complexity index is 572. The zero-order valence-electron chi connectivity index (χ0n) is 10.3. The monoisotopic (exact) mass is 323 g/mol. The summed E-state index contributed by atoms with van der Waals surface area (Å²) >= 11 is 3.34. The zero-order chi connectivity index (χ0) is 13.6. The number of anilines is 1. The van der Waals surface area contributed by atoms with Gasteiger partial charge in [-0.1, -0.05) is 22.4 Å². The first-order valence-corrected chi connectivity index (χ1v) is 7.19. The molecule has 0 saturated heterocycles. The number of Topliss-reactive ketones (excluding diaryl/α,β-unsaturated/α-hetero) is 1. The van der Waals surface area contributed by atoms with Crippen LogP contribution in [0.2, 0.25) is 0 Å². The fourth-order valence-electron chi connectivity index (χ4n) is 3.05. The van der Waals surface area contributed by atoms with Gasteiger partial charge in [0.2, 0.25) is 0 Å². The van der Waals surface area contributed by atoms with Gasteiger partial charge in [0.05, 0.1) is 5.92 Å². The highest BCUT2D eigenvalue weighted by atomic mass is 79.9. The molecule has 5 heteroatoms. The first-order valence-electron chi connectivity index (χ1n) is 6.40. The molecule has 2 N–H and O–H groups in total. The molecule has 1 amide bonds. The maximum absolute atomic E-state index is 12.2. The lowest BCUT2D eigenvalue weighted by Crippen LogP contribution is -2.46. The molecule has 1 unspecified atom stereocenters. The Hall–Kier alpha value is -1.20. The van der Waals surface area contributed by atoms with Gasteiger partial charge in [-0.2, -0.15) is 0 Å². The number of amides is 1. The number of aliphatic hydroxyl groups is 1. The van der Waals surface area contributed by atoms with Gasteiger partial charge in [-0.3, -0.25) is 9.59 Å². The first-order chi connectivity index (χ1) is 9.03. The molecular weight excluding hydrogens is 310 g/mol. The number of ketones is 1. The summed E-state index contributed by atoms with van der Waals surface area (Å²) in [4.78, 5) is 24.3. The third-order valence-electron chi connectivity index (χ3n) is 4.05. The fourth-order valence-corrected chi connectivity index (χ4v) is 3.41. The van der Waals surface area contributed by atoms with Crippen molar-refractivity contribution < 1.29 is 14.7 Å². The molecule has 1 aromatic rings. The summed E-state index contributed by atoms with van der Waals surface area (Å²) in [6, 6.07) is 5.26. The van der Waals surface area contributed by atoms with Crippen LogP contribution in [0, 0.1) is 5.92 Å². The predicted molar refractivity (Wildman–Crippen MR) is 73.6 cm³/mol. The number of halogens is 1. The van der Waals surface area contributed by atoms with Gasteiger partial charge in [-0.25, -0.2) is 0 Å². The number of carbonyl (C=O) groups is 2. The Labute approximate surface area is 119 Å². The number of fused-ring (bicyclic) bond motifs is 1. The van der Waals surface area contributed by atoms with E-state index < -0.39 is 17.4 Å². The summed E-state index contributed by atoms with van der Waals surface area (Å²) < 4.78 is 0.782. The highest BCUT2D eigenvalue weighted by molar-refractivity contribution is 9.10. The molecule has 3 rings (SSSR count). The SMILES string of the molecule is O=C1CCCCC1[C@@]1(O)C(=O)Nc2ccc(Br)cc21. The van der Waals surface area contributed by atoms with E-state index in [9.17, 15) is 14.7 Å². The highest BCUT2D eigenvalue weighted by Gasteiger charge is 2.53. The summed E-state index contributed by atoms with van der Waals surface area (Å²) in [6.07, 6.45) is 2.73. The lowest BCUT2D eigenvalue weighted by Gasteiger charge is -2.32. The van der Waals surface area contributed by atoms with E-state index in [1.807, 2.05) is 0 Å². The van der Waals surface area contributed by atoms with E-state index in [0.717, 1.165) is 17.3 Å². The minimum Gasteiger partial charge on any atom is -0.375 e. The van der Waals surface area contributed by atoms with Crippen molar-refractivity contribution >= 4 is 33.3 Å². The molecule has 2 aliphatic rings. The van der Waals surface area contributed by atoms with E-state index in [4.69, 9.17) is 0 Å². The van der Waals surface area contributed by atoms with Crippen molar-refractivity contribution in [1.29, 1.82) is 0 Å². The number of carbonyl (C=O) groups excluding carboxylic acids is 2. The van der Waals surface area contributed by atoms with Gasteiger partial charge in [-0.05, 0) is 31.0 Å². The van der Waals surface area contributed by atoms with Crippen molar-refractivity contribution in [3.8, 4) is 0 Å². The van der Waals surface area contributed by atoms with Crippen molar-refractivity contribution in [2.75, 3.05) is 5.32 Å². The average Bonchev–Trinajstić information content (AvgIpc) is 2.64.